The third-order valence-electron chi connectivity index (χ3n) is 4.66. The van der Waals surface area contributed by atoms with Crippen LogP contribution < -0.4 is 0 Å². The minimum absolute atomic E-state index is 0.0117. The molecule has 0 fully saturated rings. The predicted molar refractivity (Wildman–Crippen MR) is 117 cm³/mol. The smallest absolute Gasteiger partial charge is 0.224 e. The zero-order chi connectivity index (χ0) is 20.4. The number of aryl methyl sites for hydroxylation is 2. The van der Waals surface area contributed by atoms with Gasteiger partial charge >= 0.3 is 0 Å². The first-order valence-corrected chi connectivity index (χ1v) is 10.7. The zero-order valence-electron chi connectivity index (χ0n) is 16.2. The minimum atomic E-state index is -3.79. The molecule has 0 saturated carbocycles. The van der Waals surface area contributed by atoms with Crippen molar-refractivity contribution in [3.63, 3.8) is 0 Å². The lowest BCUT2D eigenvalue weighted by Gasteiger charge is -2.09. The van der Waals surface area contributed by atoms with Crippen LogP contribution in [0.1, 0.15) is 16.7 Å². The summed E-state index contributed by atoms with van der Waals surface area (Å²) >= 11 is 0. The molecule has 1 aromatic heterocycles. The van der Waals surface area contributed by atoms with Crippen molar-refractivity contribution in [1.82, 2.24) is 4.98 Å². The van der Waals surface area contributed by atoms with E-state index in [0.717, 1.165) is 22.2 Å². The standard InChI is InChI=1S/C24H20N2O2S/c1-17-9-12-21(13-10-17)25-16-20-15-19-11-8-18(2)14-23(19)26-24(20)29(27,28)22-6-4-3-5-7-22/h3-16H,1-2H3. The molecule has 0 unspecified atom stereocenters. The monoisotopic (exact) mass is 400 g/mol. The van der Waals surface area contributed by atoms with Crippen molar-refractivity contribution in [2.24, 2.45) is 4.99 Å². The molecule has 0 aliphatic carbocycles. The van der Waals surface area contributed by atoms with E-state index in [1.54, 1.807) is 36.5 Å². The van der Waals surface area contributed by atoms with Gasteiger partial charge in [-0.15, -0.1) is 0 Å². The molecule has 5 heteroatoms. The van der Waals surface area contributed by atoms with E-state index < -0.39 is 9.84 Å². The molecule has 4 aromatic rings. The van der Waals surface area contributed by atoms with Gasteiger partial charge in [0.15, 0.2) is 5.03 Å². The van der Waals surface area contributed by atoms with Crippen molar-refractivity contribution in [2.45, 2.75) is 23.8 Å². The topological polar surface area (TPSA) is 59.4 Å². The van der Waals surface area contributed by atoms with Crippen molar-refractivity contribution in [3.05, 3.63) is 95.6 Å². The van der Waals surface area contributed by atoms with E-state index in [9.17, 15) is 8.42 Å². The van der Waals surface area contributed by atoms with Crippen LogP contribution in [0.15, 0.2) is 93.8 Å². The van der Waals surface area contributed by atoms with Gasteiger partial charge in [-0.05, 0) is 55.8 Å². The van der Waals surface area contributed by atoms with Gasteiger partial charge in [-0.1, -0.05) is 48.0 Å². The molecule has 0 aliphatic rings. The Morgan fingerprint density at radius 2 is 1.52 bits per heavy atom. The average Bonchev–Trinajstić information content (AvgIpc) is 2.73. The van der Waals surface area contributed by atoms with Crippen LogP contribution in [0.4, 0.5) is 5.69 Å². The lowest BCUT2D eigenvalue weighted by Crippen LogP contribution is -2.08. The fourth-order valence-corrected chi connectivity index (χ4v) is 4.45. The summed E-state index contributed by atoms with van der Waals surface area (Å²) in [4.78, 5) is 9.22. The van der Waals surface area contributed by atoms with E-state index in [1.807, 2.05) is 62.4 Å². The number of fused-ring (bicyclic) bond motifs is 1. The van der Waals surface area contributed by atoms with Gasteiger partial charge in [0.25, 0.3) is 0 Å². The molecule has 4 rings (SSSR count). The van der Waals surface area contributed by atoms with Crippen molar-refractivity contribution < 1.29 is 8.42 Å². The summed E-state index contributed by atoms with van der Waals surface area (Å²) in [5.74, 6) is 0. The number of rotatable bonds is 4. The third-order valence-corrected chi connectivity index (χ3v) is 6.39. The minimum Gasteiger partial charge on any atom is -0.256 e. The summed E-state index contributed by atoms with van der Waals surface area (Å²) in [5, 5.41) is 0.880. The fraction of sp³-hybridized carbons (Fsp3) is 0.0833. The Morgan fingerprint density at radius 1 is 0.828 bits per heavy atom. The Kier molecular flexibility index (Phi) is 4.99. The quantitative estimate of drug-likeness (QED) is 0.429. The first kappa shape index (κ1) is 19.0. The number of hydrogen-bond donors (Lipinski definition) is 0. The van der Waals surface area contributed by atoms with Crippen LogP contribution in [-0.2, 0) is 9.84 Å². The molecule has 0 atom stereocenters. The normalized spacial score (nSPS) is 11.9. The summed E-state index contributed by atoms with van der Waals surface area (Å²) in [6.07, 6.45) is 1.58. The maximum Gasteiger partial charge on any atom is 0.224 e. The number of nitrogens with zero attached hydrogens (tertiary/aromatic N) is 2. The summed E-state index contributed by atoms with van der Waals surface area (Å²) in [7, 11) is -3.79. The van der Waals surface area contributed by atoms with Gasteiger partial charge in [0, 0.05) is 17.2 Å². The summed E-state index contributed by atoms with van der Waals surface area (Å²) < 4.78 is 26.6. The third kappa shape index (κ3) is 3.96. The molecular weight excluding hydrogens is 380 g/mol. The SMILES string of the molecule is Cc1ccc(N=Cc2cc3ccc(C)cc3nc2S(=O)(=O)c2ccccc2)cc1. The van der Waals surface area contributed by atoms with Crippen molar-refractivity contribution in [2.75, 3.05) is 0 Å². The van der Waals surface area contributed by atoms with Crippen LogP contribution in [-0.4, -0.2) is 19.6 Å². The van der Waals surface area contributed by atoms with Gasteiger partial charge in [-0.3, -0.25) is 4.99 Å². The molecule has 0 saturated heterocycles. The summed E-state index contributed by atoms with van der Waals surface area (Å²) in [6.45, 7) is 3.96. The maximum absolute atomic E-state index is 13.3. The summed E-state index contributed by atoms with van der Waals surface area (Å²) in [5.41, 5.74) is 4.02. The van der Waals surface area contributed by atoms with E-state index >= 15 is 0 Å². The number of aliphatic imine (C=N–C) groups is 1. The van der Waals surface area contributed by atoms with Crippen LogP contribution >= 0.6 is 0 Å². The van der Waals surface area contributed by atoms with Crippen LogP contribution in [0.25, 0.3) is 10.9 Å². The van der Waals surface area contributed by atoms with E-state index in [2.05, 4.69) is 9.98 Å². The molecular formula is C24H20N2O2S. The van der Waals surface area contributed by atoms with Gasteiger partial charge < -0.3 is 0 Å². The van der Waals surface area contributed by atoms with Gasteiger partial charge in [-0.2, -0.15) is 0 Å². The highest BCUT2D eigenvalue weighted by atomic mass is 32.2. The van der Waals surface area contributed by atoms with Crippen LogP contribution in [0.3, 0.4) is 0 Å². The Bertz CT molecular complexity index is 1310. The Balaban J connectivity index is 1.91. The number of aromatic nitrogens is 1. The number of pyridine rings is 1. The van der Waals surface area contributed by atoms with Gasteiger partial charge in [0.2, 0.25) is 9.84 Å². The van der Waals surface area contributed by atoms with Gasteiger partial charge in [0.1, 0.15) is 0 Å². The van der Waals surface area contributed by atoms with Crippen LogP contribution in [0.5, 0.6) is 0 Å². The highest BCUT2D eigenvalue weighted by Gasteiger charge is 2.23. The van der Waals surface area contributed by atoms with E-state index in [-0.39, 0.29) is 9.92 Å². The molecule has 0 spiro atoms. The number of hydrogen-bond acceptors (Lipinski definition) is 4. The van der Waals surface area contributed by atoms with E-state index in [1.165, 1.54) is 0 Å². The molecule has 144 valence electrons. The molecule has 0 amide bonds. The average molecular weight is 401 g/mol. The summed E-state index contributed by atoms with van der Waals surface area (Å²) in [6, 6.07) is 23.7. The Hall–Kier alpha value is -3.31. The largest absolute Gasteiger partial charge is 0.256 e. The van der Waals surface area contributed by atoms with Crippen LogP contribution in [0, 0.1) is 13.8 Å². The van der Waals surface area contributed by atoms with Gasteiger partial charge in [-0.25, -0.2) is 13.4 Å². The van der Waals surface area contributed by atoms with Gasteiger partial charge in [0.05, 0.1) is 16.1 Å². The lowest BCUT2D eigenvalue weighted by molar-refractivity contribution is 0.592. The molecule has 0 bridgehead atoms. The molecule has 1 heterocycles. The second-order valence-electron chi connectivity index (χ2n) is 6.99. The maximum atomic E-state index is 13.3. The first-order chi connectivity index (χ1) is 13.9. The molecule has 3 aromatic carbocycles. The lowest BCUT2D eigenvalue weighted by atomic mass is 10.1. The molecule has 0 radical (unpaired) electrons. The molecule has 0 aliphatic heterocycles. The van der Waals surface area contributed by atoms with Crippen molar-refractivity contribution in [1.29, 1.82) is 0 Å². The Morgan fingerprint density at radius 3 is 2.24 bits per heavy atom. The Labute approximate surface area is 170 Å². The van der Waals surface area contributed by atoms with Crippen molar-refractivity contribution >= 4 is 32.6 Å². The fourth-order valence-electron chi connectivity index (χ4n) is 3.07. The molecule has 0 N–H and O–H groups in total. The molecule has 4 nitrogen and oxygen atoms in total. The molecule has 29 heavy (non-hydrogen) atoms. The van der Waals surface area contributed by atoms with E-state index in [4.69, 9.17) is 0 Å². The zero-order valence-corrected chi connectivity index (χ0v) is 17.0. The second kappa shape index (κ2) is 7.60. The number of sulfone groups is 1. The second-order valence-corrected chi connectivity index (χ2v) is 8.85. The number of benzene rings is 3. The highest BCUT2D eigenvalue weighted by Crippen LogP contribution is 2.26. The van der Waals surface area contributed by atoms with E-state index in [0.29, 0.717) is 11.1 Å². The predicted octanol–water partition coefficient (Wildman–Crippen LogP) is 5.44. The highest BCUT2D eigenvalue weighted by molar-refractivity contribution is 7.91. The van der Waals surface area contributed by atoms with Crippen LogP contribution in [0.2, 0.25) is 0 Å². The first-order valence-electron chi connectivity index (χ1n) is 9.26. The van der Waals surface area contributed by atoms with Crippen molar-refractivity contribution in [3.8, 4) is 0 Å².